The fourth-order valence-electron chi connectivity index (χ4n) is 0.726. The molecule has 1 N–H and O–H groups in total. The number of carbonyl (C=O) groups is 1. The molecule has 0 unspecified atom stereocenters. The van der Waals surface area contributed by atoms with Gasteiger partial charge in [0.15, 0.2) is 0 Å². The van der Waals surface area contributed by atoms with E-state index in [0.717, 1.165) is 5.56 Å². The van der Waals surface area contributed by atoms with Crippen LogP contribution in [0.3, 0.4) is 0 Å². The van der Waals surface area contributed by atoms with Crippen LogP contribution in [0, 0.1) is 0 Å². The maximum absolute atomic E-state index is 10.4. The van der Waals surface area contributed by atoms with Gasteiger partial charge in [0.1, 0.15) is 5.75 Å². The molecule has 3 heteroatoms. The Bertz CT molecular complexity index is 301. The van der Waals surface area contributed by atoms with Crippen LogP contribution < -0.4 is 0 Å². The van der Waals surface area contributed by atoms with Gasteiger partial charge in [0.25, 0.3) is 0 Å². The first-order valence-electron chi connectivity index (χ1n) is 3.52. The number of phenols is 1. The molecule has 0 aliphatic carbocycles. The molecule has 0 saturated heterocycles. The highest BCUT2D eigenvalue weighted by Crippen LogP contribution is 2.07. The van der Waals surface area contributed by atoms with E-state index in [0.29, 0.717) is 0 Å². The highest BCUT2D eigenvalue weighted by Gasteiger charge is 1.88. The number of aromatic hydroxyl groups is 1. The molecule has 0 heterocycles. The SMILES string of the molecule is CC(=O)N=Cc1ccc(O)cc1. The molecule has 0 fully saturated rings. The summed E-state index contributed by atoms with van der Waals surface area (Å²) in [6, 6.07) is 6.45. The van der Waals surface area contributed by atoms with Gasteiger partial charge < -0.3 is 5.11 Å². The van der Waals surface area contributed by atoms with Gasteiger partial charge in [-0.2, -0.15) is 0 Å². The normalized spacial score (nSPS) is 10.4. The Morgan fingerprint density at radius 3 is 2.50 bits per heavy atom. The number of amides is 1. The van der Waals surface area contributed by atoms with E-state index in [2.05, 4.69) is 4.99 Å². The molecule has 0 radical (unpaired) electrons. The molecule has 1 amide bonds. The molecule has 1 rings (SSSR count). The van der Waals surface area contributed by atoms with E-state index in [-0.39, 0.29) is 11.7 Å². The zero-order chi connectivity index (χ0) is 8.97. The number of benzene rings is 1. The molecule has 1 aromatic rings. The Kier molecular flexibility index (Phi) is 2.58. The van der Waals surface area contributed by atoms with Gasteiger partial charge in [-0.15, -0.1) is 0 Å². The molecule has 1 aromatic carbocycles. The van der Waals surface area contributed by atoms with Crippen molar-refractivity contribution in [2.24, 2.45) is 4.99 Å². The molecule has 0 saturated carbocycles. The lowest BCUT2D eigenvalue weighted by Gasteiger charge is -1.91. The zero-order valence-corrected chi connectivity index (χ0v) is 6.69. The molecule has 0 aliphatic rings. The van der Waals surface area contributed by atoms with E-state index in [1.54, 1.807) is 24.3 Å². The summed E-state index contributed by atoms with van der Waals surface area (Å²) in [6.45, 7) is 1.39. The number of hydrogen-bond donors (Lipinski definition) is 1. The van der Waals surface area contributed by atoms with Gasteiger partial charge in [0, 0.05) is 13.1 Å². The second kappa shape index (κ2) is 3.67. The number of rotatable bonds is 1. The molecular weight excluding hydrogens is 154 g/mol. The monoisotopic (exact) mass is 163 g/mol. The fraction of sp³-hybridized carbons (Fsp3) is 0.111. The summed E-state index contributed by atoms with van der Waals surface area (Å²) >= 11 is 0. The van der Waals surface area contributed by atoms with Gasteiger partial charge in [-0.3, -0.25) is 4.79 Å². The third-order valence-corrected chi connectivity index (χ3v) is 1.29. The van der Waals surface area contributed by atoms with E-state index in [9.17, 15) is 4.79 Å². The summed E-state index contributed by atoms with van der Waals surface area (Å²) in [7, 11) is 0. The Hall–Kier alpha value is -1.64. The van der Waals surface area contributed by atoms with Gasteiger partial charge in [0.05, 0.1) is 0 Å². The van der Waals surface area contributed by atoms with E-state index in [1.807, 2.05) is 0 Å². The van der Waals surface area contributed by atoms with Gasteiger partial charge in [-0.1, -0.05) is 0 Å². The van der Waals surface area contributed by atoms with Crippen molar-refractivity contribution in [1.82, 2.24) is 0 Å². The number of phenolic OH excluding ortho intramolecular Hbond substituents is 1. The van der Waals surface area contributed by atoms with Crippen LogP contribution in [0.1, 0.15) is 12.5 Å². The summed E-state index contributed by atoms with van der Waals surface area (Å²) < 4.78 is 0. The second-order valence-electron chi connectivity index (χ2n) is 2.37. The third-order valence-electron chi connectivity index (χ3n) is 1.29. The predicted octanol–water partition coefficient (Wildman–Crippen LogP) is 1.36. The number of hydrogen-bond acceptors (Lipinski definition) is 2. The molecule has 12 heavy (non-hydrogen) atoms. The van der Waals surface area contributed by atoms with Gasteiger partial charge >= 0.3 is 0 Å². The largest absolute Gasteiger partial charge is 0.508 e. The number of aliphatic imine (C=N–C) groups is 1. The lowest BCUT2D eigenvalue weighted by Crippen LogP contribution is -1.85. The number of nitrogens with zero attached hydrogens (tertiary/aromatic N) is 1. The highest BCUT2D eigenvalue weighted by molar-refractivity contribution is 5.90. The summed E-state index contributed by atoms with van der Waals surface area (Å²) in [6.07, 6.45) is 1.46. The topological polar surface area (TPSA) is 49.7 Å². The smallest absolute Gasteiger partial charge is 0.242 e. The third kappa shape index (κ3) is 2.54. The van der Waals surface area contributed by atoms with Crippen LogP contribution in [0.5, 0.6) is 5.75 Å². The van der Waals surface area contributed by atoms with Crippen molar-refractivity contribution in [3.63, 3.8) is 0 Å². The first-order valence-corrected chi connectivity index (χ1v) is 3.52. The molecule has 0 bridgehead atoms. The van der Waals surface area contributed by atoms with Crippen LogP contribution >= 0.6 is 0 Å². The average Bonchev–Trinajstić information content (AvgIpc) is 2.03. The first kappa shape index (κ1) is 8.46. The lowest BCUT2D eigenvalue weighted by atomic mass is 10.2. The standard InChI is InChI=1S/C9H9NO2/c1-7(11)10-6-8-2-4-9(12)5-3-8/h2-6,12H,1H3. The summed E-state index contributed by atoms with van der Waals surface area (Å²) in [4.78, 5) is 14.0. The number of carbonyl (C=O) groups excluding carboxylic acids is 1. The van der Waals surface area contributed by atoms with Crippen molar-refractivity contribution in [3.05, 3.63) is 29.8 Å². The van der Waals surface area contributed by atoms with Crippen molar-refractivity contribution in [1.29, 1.82) is 0 Å². The summed E-state index contributed by atoms with van der Waals surface area (Å²) in [5.41, 5.74) is 0.794. The zero-order valence-electron chi connectivity index (χ0n) is 6.69. The van der Waals surface area contributed by atoms with Crippen LogP contribution in [0.2, 0.25) is 0 Å². The minimum atomic E-state index is -0.233. The Morgan fingerprint density at radius 1 is 1.42 bits per heavy atom. The van der Waals surface area contributed by atoms with Crippen LogP contribution in [0.4, 0.5) is 0 Å². The van der Waals surface area contributed by atoms with Crippen LogP contribution in [-0.4, -0.2) is 17.2 Å². The van der Waals surface area contributed by atoms with Crippen LogP contribution in [0.15, 0.2) is 29.3 Å². The average molecular weight is 163 g/mol. The molecule has 62 valence electrons. The minimum Gasteiger partial charge on any atom is -0.508 e. The second-order valence-corrected chi connectivity index (χ2v) is 2.37. The first-order chi connectivity index (χ1) is 5.68. The summed E-state index contributed by atoms with van der Waals surface area (Å²) in [5, 5.41) is 8.92. The van der Waals surface area contributed by atoms with Crippen molar-refractivity contribution >= 4 is 12.1 Å². The maximum atomic E-state index is 10.4. The Labute approximate surface area is 70.4 Å². The molecule has 3 nitrogen and oxygen atoms in total. The molecule has 0 aromatic heterocycles. The minimum absolute atomic E-state index is 0.204. The van der Waals surface area contributed by atoms with Gasteiger partial charge in [-0.25, -0.2) is 4.99 Å². The van der Waals surface area contributed by atoms with E-state index < -0.39 is 0 Å². The van der Waals surface area contributed by atoms with E-state index >= 15 is 0 Å². The Balaban J connectivity index is 2.77. The van der Waals surface area contributed by atoms with E-state index in [1.165, 1.54) is 13.1 Å². The van der Waals surface area contributed by atoms with Crippen molar-refractivity contribution in [2.45, 2.75) is 6.92 Å². The maximum Gasteiger partial charge on any atom is 0.242 e. The molecule has 0 spiro atoms. The molecule has 0 atom stereocenters. The van der Waals surface area contributed by atoms with E-state index in [4.69, 9.17) is 5.11 Å². The quantitative estimate of drug-likeness (QED) is 0.635. The lowest BCUT2D eigenvalue weighted by molar-refractivity contribution is -0.115. The van der Waals surface area contributed by atoms with Gasteiger partial charge in [-0.05, 0) is 29.8 Å². The summed E-state index contributed by atoms with van der Waals surface area (Å²) in [5.74, 6) is -0.0296. The fourth-order valence-corrected chi connectivity index (χ4v) is 0.726. The van der Waals surface area contributed by atoms with Crippen LogP contribution in [-0.2, 0) is 4.79 Å². The van der Waals surface area contributed by atoms with Gasteiger partial charge in [0.2, 0.25) is 5.91 Å². The predicted molar refractivity (Wildman–Crippen MR) is 46.4 cm³/mol. The highest BCUT2D eigenvalue weighted by atomic mass is 16.3. The van der Waals surface area contributed by atoms with Crippen molar-refractivity contribution in [3.8, 4) is 5.75 Å². The van der Waals surface area contributed by atoms with Crippen molar-refractivity contribution < 1.29 is 9.90 Å². The molecule has 0 aliphatic heterocycles. The van der Waals surface area contributed by atoms with Crippen LogP contribution in [0.25, 0.3) is 0 Å². The van der Waals surface area contributed by atoms with Crippen molar-refractivity contribution in [2.75, 3.05) is 0 Å². The molecular formula is C9H9NO2. The Morgan fingerprint density at radius 2 is 2.00 bits per heavy atom.